The maximum Gasteiger partial charge on any atom is 0.330 e. The van der Waals surface area contributed by atoms with E-state index in [9.17, 15) is 14.9 Å². The Morgan fingerprint density at radius 1 is 0.945 bits per heavy atom. The zero-order valence-corrected chi connectivity index (χ0v) is 33.5. The summed E-state index contributed by atoms with van der Waals surface area (Å²) >= 11 is 0. The third-order valence-electron chi connectivity index (χ3n) is 10.5. The highest BCUT2D eigenvalue weighted by molar-refractivity contribution is 7.44. The van der Waals surface area contributed by atoms with Gasteiger partial charge in [0.25, 0.3) is 14.1 Å². The summed E-state index contributed by atoms with van der Waals surface area (Å²) < 4.78 is 42.8. The number of nitrogens with zero attached hydrogens (tertiary/aromatic N) is 3. The summed E-state index contributed by atoms with van der Waals surface area (Å²) in [5.41, 5.74) is -0.174. The van der Waals surface area contributed by atoms with Gasteiger partial charge in [0.15, 0.2) is 0 Å². The Morgan fingerprint density at radius 2 is 1.53 bits per heavy atom. The Hall–Kier alpha value is -4.34. The number of hydrogen-bond donors (Lipinski definition) is 1. The third-order valence-corrected chi connectivity index (χ3v) is 12.6. The molecule has 0 radical (unpaired) electrons. The monoisotopic (exact) mass is 770 g/mol. The summed E-state index contributed by atoms with van der Waals surface area (Å²) in [6.45, 7) is 10.3. The number of nitriles is 1. The lowest BCUT2D eigenvalue weighted by Gasteiger charge is -2.42. The first kappa shape index (κ1) is 40.3. The minimum atomic E-state index is -1.69. The number of aromatic nitrogens is 2. The molecule has 1 unspecified atom stereocenters. The quantitative estimate of drug-likeness (QED) is 0.0667. The number of H-pyrrole nitrogens is 1. The Morgan fingerprint density at radius 3 is 2.07 bits per heavy atom. The van der Waals surface area contributed by atoms with Crippen LogP contribution in [0.1, 0.15) is 75.4 Å². The van der Waals surface area contributed by atoms with Gasteiger partial charge in [-0.15, -0.1) is 0 Å². The molecule has 4 aromatic rings. The first-order valence-electron chi connectivity index (χ1n) is 18.7. The molecule has 6 rings (SSSR count). The fourth-order valence-corrected chi connectivity index (χ4v) is 9.79. The number of aryl methyl sites for hydroxylation is 1. The molecule has 2 fully saturated rings. The van der Waals surface area contributed by atoms with Crippen LogP contribution in [0.2, 0.25) is 0 Å². The van der Waals surface area contributed by atoms with E-state index in [1.807, 2.05) is 78.9 Å². The van der Waals surface area contributed by atoms with Gasteiger partial charge in [-0.2, -0.15) is 5.26 Å². The summed E-state index contributed by atoms with van der Waals surface area (Å²) in [4.78, 5) is 28.3. The van der Waals surface area contributed by atoms with Crippen LogP contribution in [0, 0.1) is 24.2 Å². The summed E-state index contributed by atoms with van der Waals surface area (Å²) in [6.07, 6.45) is 1.69. The Bertz CT molecular complexity index is 1990. The van der Waals surface area contributed by atoms with Crippen molar-refractivity contribution in [1.29, 1.82) is 5.26 Å². The topological polar surface area (TPSA) is 137 Å². The molecule has 3 aromatic carbocycles. The van der Waals surface area contributed by atoms with Crippen molar-refractivity contribution >= 4 is 8.53 Å². The number of fused-ring (bicyclic) bond motifs is 2. The fraction of sp³-hybridized carbons (Fsp3) is 0.452. The smallest absolute Gasteiger partial charge is 0.330 e. The zero-order chi connectivity index (χ0) is 39.3. The Labute approximate surface area is 323 Å². The number of methoxy groups -OCH3 is 2. The molecular weight excluding hydrogens is 719 g/mol. The molecule has 1 N–H and O–H groups in total. The van der Waals surface area contributed by atoms with Crippen molar-refractivity contribution in [1.82, 2.24) is 14.2 Å². The predicted molar refractivity (Wildman–Crippen MR) is 210 cm³/mol. The van der Waals surface area contributed by atoms with Gasteiger partial charge in [-0.25, -0.2) is 9.46 Å². The van der Waals surface area contributed by atoms with Crippen LogP contribution >= 0.6 is 8.53 Å². The lowest BCUT2D eigenvalue weighted by Crippen LogP contribution is -2.47. The number of ether oxygens (including phenoxy) is 4. The lowest BCUT2D eigenvalue weighted by molar-refractivity contribution is -0.167. The molecule has 1 saturated carbocycles. The van der Waals surface area contributed by atoms with Crippen LogP contribution in [0.3, 0.4) is 0 Å². The first-order chi connectivity index (χ1) is 26.5. The molecular formula is C42H51N4O8P. The SMILES string of the molecule is COc1ccc(C(OC[C@@]23CC[C@@H]([C@H](n4cc(C)c(=O)[nH]c4=O)O2)[C@@H]3OP(OCCC#N)N(C(C)C)C(C)C)(c2ccccc2)c2ccc(OC)cc2)cc1. The average Bonchev–Trinajstić information content (AvgIpc) is 3.68. The number of benzene rings is 3. The molecule has 13 heteroatoms. The van der Waals surface area contributed by atoms with Gasteiger partial charge in [-0.3, -0.25) is 14.3 Å². The number of hydrogen-bond acceptors (Lipinski definition) is 10. The first-order valence-corrected chi connectivity index (χ1v) is 19.8. The Balaban J connectivity index is 1.49. The second-order valence-electron chi connectivity index (χ2n) is 14.6. The van der Waals surface area contributed by atoms with Crippen molar-refractivity contribution in [3.63, 3.8) is 0 Å². The number of rotatable bonds is 17. The minimum Gasteiger partial charge on any atom is -0.497 e. The van der Waals surface area contributed by atoms with Crippen LogP contribution in [-0.4, -0.2) is 65.4 Å². The molecule has 2 heterocycles. The maximum absolute atomic E-state index is 13.4. The molecule has 1 saturated heterocycles. The van der Waals surface area contributed by atoms with Gasteiger partial charge >= 0.3 is 5.69 Å². The number of aromatic amines is 1. The van der Waals surface area contributed by atoms with Crippen molar-refractivity contribution in [2.75, 3.05) is 27.4 Å². The highest BCUT2D eigenvalue weighted by Gasteiger charge is 2.63. The molecule has 2 bridgehead atoms. The summed E-state index contributed by atoms with van der Waals surface area (Å²) in [5, 5.41) is 9.39. The van der Waals surface area contributed by atoms with Crippen molar-refractivity contribution < 1.29 is 28.0 Å². The highest BCUT2D eigenvalue weighted by atomic mass is 31.2. The molecule has 1 aliphatic carbocycles. The number of nitrogens with one attached hydrogen (secondary N) is 1. The van der Waals surface area contributed by atoms with Crippen LogP contribution in [0.4, 0.5) is 0 Å². The highest BCUT2D eigenvalue weighted by Crippen LogP contribution is 2.60. The van der Waals surface area contributed by atoms with E-state index < -0.39 is 43.3 Å². The van der Waals surface area contributed by atoms with Gasteiger partial charge in [0.05, 0.1) is 39.9 Å². The third kappa shape index (κ3) is 8.01. The molecule has 1 aromatic heterocycles. The molecule has 5 atom stereocenters. The molecule has 292 valence electrons. The van der Waals surface area contributed by atoms with Crippen LogP contribution < -0.4 is 20.7 Å². The van der Waals surface area contributed by atoms with E-state index in [1.165, 1.54) is 4.57 Å². The molecule has 2 aliphatic rings. The van der Waals surface area contributed by atoms with Crippen LogP contribution in [-0.2, 0) is 24.1 Å². The van der Waals surface area contributed by atoms with E-state index in [0.717, 1.165) is 16.7 Å². The average molecular weight is 771 g/mol. The zero-order valence-electron chi connectivity index (χ0n) is 32.6. The molecule has 0 spiro atoms. The van der Waals surface area contributed by atoms with Crippen molar-refractivity contribution in [2.45, 2.75) is 89.5 Å². The van der Waals surface area contributed by atoms with Gasteiger partial charge in [0, 0.05) is 29.8 Å². The molecule has 1 aliphatic heterocycles. The predicted octanol–water partition coefficient (Wildman–Crippen LogP) is 7.21. The van der Waals surface area contributed by atoms with E-state index in [-0.39, 0.29) is 37.6 Å². The fourth-order valence-electron chi connectivity index (χ4n) is 7.94. The van der Waals surface area contributed by atoms with Gasteiger partial charge in [0.1, 0.15) is 35.0 Å². The van der Waals surface area contributed by atoms with E-state index in [4.69, 9.17) is 28.0 Å². The summed E-state index contributed by atoms with van der Waals surface area (Å²) in [5.74, 6) is 1.13. The van der Waals surface area contributed by atoms with E-state index >= 15 is 0 Å². The second kappa shape index (κ2) is 17.2. The minimum absolute atomic E-state index is 0.0662. The standard InChI is InChI=1S/C42H51N4O8P/c1-28(2)46(29(3)4)55(52-25-11-24-43)54-37-36-22-23-41(37,53-39(36)45-26-30(5)38(47)44-40(45)48)27-51-42(31-12-9-8-10-13-31,32-14-18-34(49-6)19-15-32)33-16-20-35(50-7)21-17-33/h8-10,12-21,26,28-29,36-37,39H,11,22-23,25,27H2,1-7H3,(H,44,47,48)/t36-,37+,39-,41-,55?/m1/s1. The van der Waals surface area contributed by atoms with Gasteiger partial charge < -0.3 is 28.0 Å². The van der Waals surface area contributed by atoms with Crippen molar-refractivity contribution in [3.8, 4) is 17.6 Å². The normalized spacial score (nSPS) is 21.3. The maximum atomic E-state index is 13.4. The summed E-state index contributed by atoms with van der Waals surface area (Å²) in [6, 6.07) is 28.0. The van der Waals surface area contributed by atoms with E-state index in [1.54, 1.807) is 27.3 Å². The second-order valence-corrected chi connectivity index (χ2v) is 16.0. The van der Waals surface area contributed by atoms with Crippen LogP contribution in [0.5, 0.6) is 11.5 Å². The Kier molecular flexibility index (Phi) is 12.6. The van der Waals surface area contributed by atoms with Gasteiger partial charge in [-0.05, 0) is 88.4 Å². The van der Waals surface area contributed by atoms with Gasteiger partial charge in [0.2, 0.25) is 0 Å². The van der Waals surface area contributed by atoms with Crippen molar-refractivity contribution in [3.05, 3.63) is 128 Å². The summed E-state index contributed by atoms with van der Waals surface area (Å²) in [7, 11) is 1.59. The van der Waals surface area contributed by atoms with Crippen LogP contribution in [0.15, 0.2) is 94.6 Å². The molecule has 55 heavy (non-hydrogen) atoms. The largest absolute Gasteiger partial charge is 0.497 e. The lowest BCUT2D eigenvalue weighted by atomic mass is 9.79. The molecule has 0 amide bonds. The van der Waals surface area contributed by atoms with Crippen molar-refractivity contribution in [2.24, 2.45) is 5.92 Å². The van der Waals surface area contributed by atoms with E-state index in [2.05, 4.69) is 43.4 Å². The van der Waals surface area contributed by atoms with Crippen LogP contribution in [0.25, 0.3) is 0 Å². The molecule has 12 nitrogen and oxygen atoms in total. The van der Waals surface area contributed by atoms with E-state index in [0.29, 0.717) is 29.9 Å². The van der Waals surface area contributed by atoms with Gasteiger partial charge in [-0.1, -0.05) is 54.6 Å².